The maximum atomic E-state index is 13.1. The molecule has 1 saturated heterocycles. The predicted molar refractivity (Wildman–Crippen MR) is 119 cm³/mol. The second-order valence-electron chi connectivity index (χ2n) is 8.64. The number of benzene rings is 1. The number of hydrogen-bond donors (Lipinski definition) is 2. The number of anilines is 1. The molecule has 0 aliphatic carbocycles. The Morgan fingerprint density at radius 2 is 1.88 bits per heavy atom. The topological polar surface area (TPSA) is 117 Å². The molecule has 0 saturated carbocycles. The monoisotopic (exact) mass is 455 g/mol. The van der Waals surface area contributed by atoms with Gasteiger partial charge >= 0.3 is 0 Å². The van der Waals surface area contributed by atoms with E-state index in [9.17, 15) is 18.3 Å². The molecule has 1 atom stereocenters. The summed E-state index contributed by atoms with van der Waals surface area (Å²) in [5, 5.41) is 13.6. The van der Waals surface area contributed by atoms with Gasteiger partial charge in [-0.2, -0.15) is 0 Å². The van der Waals surface area contributed by atoms with Gasteiger partial charge in [0, 0.05) is 24.3 Å². The molecule has 1 aliphatic heterocycles. The Morgan fingerprint density at radius 3 is 2.47 bits per heavy atom. The maximum absolute atomic E-state index is 13.1. The van der Waals surface area contributed by atoms with Crippen LogP contribution in [0.15, 0.2) is 59.6 Å². The largest absolute Gasteiger partial charge is 0.492 e. The molecule has 10 heteroatoms. The van der Waals surface area contributed by atoms with Crippen LogP contribution in [0.1, 0.15) is 37.6 Å². The average molecular weight is 456 g/mol. The minimum absolute atomic E-state index is 0.00150. The number of pyridine rings is 1. The minimum Gasteiger partial charge on any atom is -0.492 e. The van der Waals surface area contributed by atoms with Crippen molar-refractivity contribution in [3.63, 3.8) is 0 Å². The Kier molecular flexibility index (Phi) is 5.41. The summed E-state index contributed by atoms with van der Waals surface area (Å²) in [6.07, 6.45) is 2.45. The molecule has 1 amide bonds. The van der Waals surface area contributed by atoms with Gasteiger partial charge in [-0.3, -0.25) is 4.79 Å². The van der Waals surface area contributed by atoms with Gasteiger partial charge in [0.2, 0.25) is 5.88 Å². The van der Waals surface area contributed by atoms with Crippen LogP contribution in [0.25, 0.3) is 5.82 Å². The molecular formula is C22H25N5O4S. The number of hydrogen-bond acceptors (Lipinski definition) is 7. The molecule has 32 heavy (non-hydrogen) atoms. The van der Waals surface area contributed by atoms with Gasteiger partial charge in [0.05, 0.1) is 10.5 Å². The summed E-state index contributed by atoms with van der Waals surface area (Å²) in [4.78, 5) is 19.8. The Balaban J connectivity index is 1.76. The van der Waals surface area contributed by atoms with E-state index >= 15 is 0 Å². The van der Waals surface area contributed by atoms with Gasteiger partial charge in [-0.15, -0.1) is 5.10 Å². The molecule has 168 valence electrons. The lowest BCUT2D eigenvalue weighted by Gasteiger charge is -2.34. The highest BCUT2D eigenvalue weighted by Gasteiger charge is 2.39. The van der Waals surface area contributed by atoms with Crippen molar-refractivity contribution < 1.29 is 18.3 Å². The van der Waals surface area contributed by atoms with E-state index in [0.29, 0.717) is 24.1 Å². The van der Waals surface area contributed by atoms with E-state index in [2.05, 4.69) is 35.6 Å². The molecule has 9 nitrogen and oxygen atoms in total. The van der Waals surface area contributed by atoms with E-state index in [4.69, 9.17) is 0 Å². The Labute approximate surface area is 186 Å². The fraction of sp³-hybridized carbons (Fsp3) is 0.318. The molecule has 3 aromatic rings. The molecule has 1 aliphatic rings. The molecular weight excluding hydrogens is 430 g/mol. The minimum atomic E-state index is -4.04. The van der Waals surface area contributed by atoms with Gasteiger partial charge in [0.15, 0.2) is 5.82 Å². The van der Waals surface area contributed by atoms with Crippen molar-refractivity contribution in [2.24, 2.45) is 5.92 Å². The van der Waals surface area contributed by atoms with Gasteiger partial charge in [0.1, 0.15) is 5.82 Å². The number of nitrogens with one attached hydrogen (secondary N) is 1. The zero-order valence-electron chi connectivity index (χ0n) is 18.1. The summed E-state index contributed by atoms with van der Waals surface area (Å²) < 4.78 is 29.0. The van der Waals surface area contributed by atoms with Crippen LogP contribution in [-0.4, -0.2) is 46.3 Å². The number of amides is 1. The van der Waals surface area contributed by atoms with E-state index in [1.165, 1.54) is 28.9 Å². The summed E-state index contributed by atoms with van der Waals surface area (Å²) in [6.45, 7) is 6.91. The Hall–Kier alpha value is -3.40. The third kappa shape index (κ3) is 4.18. The second kappa shape index (κ2) is 7.94. The van der Waals surface area contributed by atoms with Crippen LogP contribution in [0.4, 0.5) is 5.82 Å². The zero-order chi connectivity index (χ0) is 23.1. The van der Waals surface area contributed by atoms with Gasteiger partial charge < -0.3 is 10.0 Å². The van der Waals surface area contributed by atoms with Crippen LogP contribution in [0, 0.1) is 5.92 Å². The standard InChI is InChI=1S/C22H25N5O4S/c1-15-13-22(2,3)26(14-15)20-17(9-10-18(23-20)27-12-11-19(28)24-27)21(29)25-32(30,31)16-7-5-4-6-8-16/h4-12,15H,13-14H2,1-3H3,(H,24,28)(H,25,29). The molecule has 3 heterocycles. The van der Waals surface area contributed by atoms with Crippen molar-refractivity contribution in [3.05, 3.63) is 60.3 Å². The Bertz CT molecular complexity index is 1250. The SMILES string of the molecule is CC1CN(c2nc(-n3ccc(O)n3)ccc2C(=O)NS(=O)(=O)c2ccccc2)C(C)(C)C1. The van der Waals surface area contributed by atoms with E-state index in [-0.39, 0.29) is 21.9 Å². The first-order valence-corrected chi connectivity index (χ1v) is 11.7. The van der Waals surface area contributed by atoms with Crippen LogP contribution in [0.5, 0.6) is 5.88 Å². The molecule has 2 aromatic heterocycles. The summed E-state index contributed by atoms with van der Waals surface area (Å²) in [5.74, 6) is 0.222. The summed E-state index contributed by atoms with van der Waals surface area (Å²) in [6, 6.07) is 12.3. The third-order valence-electron chi connectivity index (χ3n) is 5.52. The average Bonchev–Trinajstić information content (AvgIpc) is 3.29. The molecule has 1 fully saturated rings. The summed E-state index contributed by atoms with van der Waals surface area (Å²) in [7, 11) is -4.04. The van der Waals surface area contributed by atoms with Crippen LogP contribution in [0.2, 0.25) is 0 Å². The van der Waals surface area contributed by atoms with E-state index < -0.39 is 15.9 Å². The van der Waals surface area contributed by atoms with Crippen LogP contribution in [-0.2, 0) is 10.0 Å². The second-order valence-corrected chi connectivity index (χ2v) is 10.3. The van der Waals surface area contributed by atoms with Crippen molar-refractivity contribution in [3.8, 4) is 11.7 Å². The smallest absolute Gasteiger partial charge is 0.268 e. The van der Waals surface area contributed by atoms with E-state index in [0.717, 1.165) is 6.42 Å². The van der Waals surface area contributed by atoms with Crippen molar-refractivity contribution >= 4 is 21.7 Å². The van der Waals surface area contributed by atoms with Crippen LogP contribution >= 0.6 is 0 Å². The Morgan fingerprint density at radius 1 is 1.16 bits per heavy atom. The first-order chi connectivity index (χ1) is 15.1. The highest BCUT2D eigenvalue weighted by molar-refractivity contribution is 7.90. The number of carbonyl (C=O) groups excluding carboxylic acids is 1. The highest BCUT2D eigenvalue weighted by Crippen LogP contribution is 2.37. The van der Waals surface area contributed by atoms with Gasteiger partial charge in [0.25, 0.3) is 15.9 Å². The predicted octanol–water partition coefficient (Wildman–Crippen LogP) is 2.72. The quantitative estimate of drug-likeness (QED) is 0.607. The molecule has 0 radical (unpaired) electrons. The van der Waals surface area contributed by atoms with Gasteiger partial charge in [-0.1, -0.05) is 25.1 Å². The number of sulfonamides is 1. The van der Waals surface area contributed by atoms with Crippen molar-refractivity contribution in [1.82, 2.24) is 19.5 Å². The van der Waals surface area contributed by atoms with Crippen LogP contribution in [0.3, 0.4) is 0 Å². The molecule has 1 aromatic carbocycles. The fourth-order valence-corrected chi connectivity index (χ4v) is 5.17. The fourth-order valence-electron chi connectivity index (χ4n) is 4.19. The van der Waals surface area contributed by atoms with E-state index in [1.807, 2.05) is 4.90 Å². The summed E-state index contributed by atoms with van der Waals surface area (Å²) >= 11 is 0. The van der Waals surface area contributed by atoms with E-state index in [1.54, 1.807) is 30.5 Å². The normalized spacial score (nSPS) is 18.0. The molecule has 4 rings (SSSR count). The number of carbonyl (C=O) groups is 1. The molecule has 0 spiro atoms. The van der Waals surface area contributed by atoms with Gasteiger partial charge in [-0.25, -0.2) is 22.8 Å². The van der Waals surface area contributed by atoms with Crippen molar-refractivity contribution in [2.45, 2.75) is 37.6 Å². The maximum Gasteiger partial charge on any atom is 0.268 e. The van der Waals surface area contributed by atoms with Gasteiger partial charge in [-0.05, 0) is 50.5 Å². The number of aromatic nitrogens is 3. The lowest BCUT2D eigenvalue weighted by atomic mass is 9.97. The molecule has 0 bridgehead atoms. The number of aromatic hydroxyl groups is 1. The van der Waals surface area contributed by atoms with Crippen molar-refractivity contribution in [1.29, 1.82) is 0 Å². The number of nitrogens with zero attached hydrogens (tertiary/aromatic N) is 4. The highest BCUT2D eigenvalue weighted by atomic mass is 32.2. The first kappa shape index (κ1) is 21.8. The molecule has 1 unspecified atom stereocenters. The first-order valence-electron chi connectivity index (χ1n) is 10.2. The zero-order valence-corrected chi connectivity index (χ0v) is 18.9. The lowest BCUT2D eigenvalue weighted by Crippen LogP contribution is -2.41. The lowest BCUT2D eigenvalue weighted by molar-refractivity contribution is 0.0981. The van der Waals surface area contributed by atoms with Crippen molar-refractivity contribution in [2.75, 3.05) is 11.4 Å². The molecule has 2 N–H and O–H groups in total. The third-order valence-corrected chi connectivity index (χ3v) is 6.87. The summed E-state index contributed by atoms with van der Waals surface area (Å²) in [5.41, 5.74) is -0.142. The number of rotatable bonds is 5. The van der Waals surface area contributed by atoms with Crippen LogP contribution < -0.4 is 9.62 Å².